The molecule has 1 aliphatic rings. The average Bonchev–Trinajstić information content (AvgIpc) is 2.80. The van der Waals surface area contributed by atoms with E-state index in [1.165, 1.54) is 12.8 Å². The summed E-state index contributed by atoms with van der Waals surface area (Å²) in [7, 11) is 4.25. The maximum Gasteiger partial charge on any atom is 0.314 e. The summed E-state index contributed by atoms with van der Waals surface area (Å²) in [6, 6.07) is 15.2. The van der Waals surface area contributed by atoms with Gasteiger partial charge in [-0.3, -0.25) is 14.6 Å². The molecule has 0 atom stereocenters. The number of nitrogens with zero attached hydrogens (tertiary/aromatic N) is 3. The molecule has 0 unspecified atom stereocenters. The standard InChI is InChI=1S/C25H29N5O2/c1-29(2)17-18-11-13-30(14-12-18)21-9-7-20(8-10-21)27-24(31)25(32)28-23-16-26-15-19-5-3-4-6-22(19)23/h3-10,15-16,18H,11-14,17H2,1-2H3,(H,27,31)(H,28,32). The Kier molecular flexibility index (Phi) is 6.66. The molecule has 7 heteroatoms. The fourth-order valence-electron chi connectivity index (χ4n) is 4.23. The molecule has 3 aromatic rings. The van der Waals surface area contributed by atoms with Gasteiger partial charge in [0.15, 0.2) is 0 Å². The van der Waals surface area contributed by atoms with Crippen LogP contribution in [0.2, 0.25) is 0 Å². The lowest BCUT2D eigenvalue weighted by atomic mass is 9.96. The molecule has 0 aliphatic carbocycles. The molecule has 1 aromatic heterocycles. The summed E-state index contributed by atoms with van der Waals surface area (Å²) in [5, 5.41) is 7.06. The minimum Gasteiger partial charge on any atom is -0.372 e. The molecule has 166 valence electrons. The number of rotatable bonds is 5. The smallest absolute Gasteiger partial charge is 0.314 e. The minimum absolute atomic E-state index is 0.510. The van der Waals surface area contributed by atoms with Gasteiger partial charge in [-0.1, -0.05) is 24.3 Å². The normalized spacial score (nSPS) is 14.5. The molecular formula is C25H29N5O2. The Balaban J connectivity index is 1.33. The van der Waals surface area contributed by atoms with Crippen molar-refractivity contribution in [2.24, 2.45) is 5.92 Å². The Bertz CT molecular complexity index is 1080. The summed E-state index contributed by atoms with van der Waals surface area (Å²) in [6.45, 7) is 3.20. The number of pyridine rings is 1. The van der Waals surface area contributed by atoms with Crippen LogP contribution in [-0.2, 0) is 9.59 Å². The Morgan fingerprint density at radius 3 is 2.38 bits per heavy atom. The number of benzene rings is 2. The zero-order chi connectivity index (χ0) is 22.5. The van der Waals surface area contributed by atoms with Crippen LogP contribution in [-0.4, -0.2) is 55.4 Å². The molecule has 1 fully saturated rings. The number of anilines is 3. The lowest BCUT2D eigenvalue weighted by Crippen LogP contribution is -2.37. The van der Waals surface area contributed by atoms with Gasteiger partial charge in [-0.05, 0) is 57.1 Å². The molecule has 2 aromatic carbocycles. The van der Waals surface area contributed by atoms with Gasteiger partial charge in [-0.2, -0.15) is 0 Å². The van der Waals surface area contributed by atoms with E-state index in [4.69, 9.17) is 0 Å². The van der Waals surface area contributed by atoms with E-state index in [9.17, 15) is 9.59 Å². The fraction of sp³-hybridized carbons (Fsp3) is 0.320. The van der Waals surface area contributed by atoms with Crippen molar-refractivity contribution in [1.29, 1.82) is 0 Å². The van der Waals surface area contributed by atoms with Gasteiger partial charge >= 0.3 is 11.8 Å². The van der Waals surface area contributed by atoms with Crippen molar-refractivity contribution in [3.05, 3.63) is 60.9 Å². The average molecular weight is 432 g/mol. The van der Waals surface area contributed by atoms with Crippen molar-refractivity contribution in [3.8, 4) is 0 Å². The maximum atomic E-state index is 12.4. The third kappa shape index (κ3) is 5.23. The molecule has 0 bridgehead atoms. The molecular weight excluding hydrogens is 402 g/mol. The van der Waals surface area contributed by atoms with Crippen molar-refractivity contribution in [2.45, 2.75) is 12.8 Å². The Hall–Kier alpha value is -3.45. The first kappa shape index (κ1) is 21.8. The number of fused-ring (bicyclic) bond motifs is 1. The highest BCUT2D eigenvalue weighted by molar-refractivity contribution is 6.44. The molecule has 0 saturated carbocycles. The monoisotopic (exact) mass is 431 g/mol. The predicted octanol–water partition coefficient (Wildman–Crippen LogP) is 3.59. The largest absolute Gasteiger partial charge is 0.372 e. The van der Waals surface area contributed by atoms with Crippen LogP contribution in [0.25, 0.3) is 10.8 Å². The highest BCUT2D eigenvalue weighted by Crippen LogP contribution is 2.25. The maximum absolute atomic E-state index is 12.4. The van der Waals surface area contributed by atoms with Crippen molar-refractivity contribution >= 4 is 39.6 Å². The van der Waals surface area contributed by atoms with Gasteiger partial charge in [0.1, 0.15) is 0 Å². The van der Waals surface area contributed by atoms with E-state index in [1.54, 1.807) is 12.4 Å². The van der Waals surface area contributed by atoms with Crippen LogP contribution < -0.4 is 15.5 Å². The molecule has 4 rings (SSSR count). The topological polar surface area (TPSA) is 77.6 Å². The molecule has 0 spiro atoms. The fourth-order valence-corrected chi connectivity index (χ4v) is 4.23. The number of carbonyl (C=O) groups is 2. The second-order valence-corrected chi connectivity index (χ2v) is 8.56. The quantitative estimate of drug-likeness (QED) is 0.604. The molecule has 1 aliphatic heterocycles. The molecule has 2 N–H and O–H groups in total. The second-order valence-electron chi connectivity index (χ2n) is 8.56. The van der Waals surface area contributed by atoms with E-state index in [1.807, 2.05) is 48.5 Å². The first-order valence-corrected chi connectivity index (χ1v) is 10.9. The molecule has 2 amide bonds. The van der Waals surface area contributed by atoms with Crippen LogP contribution in [0.15, 0.2) is 60.9 Å². The van der Waals surface area contributed by atoms with Crippen molar-refractivity contribution in [1.82, 2.24) is 9.88 Å². The Morgan fingerprint density at radius 2 is 1.66 bits per heavy atom. The van der Waals surface area contributed by atoms with Crippen LogP contribution in [0, 0.1) is 5.92 Å². The zero-order valence-corrected chi connectivity index (χ0v) is 18.5. The van der Waals surface area contributed by atoms with E-state index in [2.05, 4.69) is 39.5 Å². The first-order chi connectivity index (χ1) is 15.5. The molecule has 0 radical (unpaired) electrons. The van der Waals surface area contributed by atoms with Gasteiger partial charge in [0.05, 0.1) is 11.9 Å². The van der Waals surface area contributed by atoms with Gasteiger partial charge < -0.3 is 20.4 Å². The second kappa shape index (κ2) is 9.78. The number of nitrogens with one attached hydrogen (secondary N) is 2. The summed E-state index contributed by atoms with van der Waals surface area (Å²) >= 11 is 0. The van der Waals surface area contributed by atoms with Crippen LogP contribution in [0.1, 0.15) is 12.8 Å². The number of carbonyl (C=O) groups excluding carboxylic acids is 2. The van der Waals surface area contributed by atoms with E-state index in [-0.39, 0.29) is 0 Å². The number of hydrogen-bond donors (Lipinski definition) is 2. The number of amides is 2. The van der Waals surface area contributed by atoms with Gasteiger partial charge in [0.2, 0.25) is 0 Å². The van der Waals surface area contributed by atoms with Crippen molar-refractivity contribution in [2.75, 3.05) is 49.3 Å². The van der Waals surface area contributed by atoms with Gasteiger partial charge in [-0.25, -0.2) is 0 Å². The van der Waals surface area contributed by atoms with E-state index in [0.717, 1.165) is 42.0 Å². The molecule has 1 saturated heterocycles. The Labute approximate surface area is 188 Å². The van der Waals surface area contributed by atoms with Crippen LogP contribution in [0.3, 0.4) is 0 Å². The highest BCUT2D eigenvalue weighted by atomic mass is 16.2. The van der Waals surface area contributed by atoms with Crippen LogP contribution in [0.5, 0.6) is 0 Å². The zero-order valence-electron chi connectivity index (χ0n) is 18.5. The van der Waals surface area contributed by atoms with Gasteiger partial charge in [0.25, 0.3) is 0 Å². The van der Waals surface area contributed by atoms with E-state index < -0.39 is 11.8 Å². The lowest BCUT2D eigenvalue weighted by molar-refractivity contribution is -0.132. The Morgan fingerprint density at radius 1 is 0.969 bits per heavy atom. The summed E-state index contributed by atoms with van der Waals surface area (Å²) in [6.07, 6.45) is 5.63. The summed E-state index contributed by atoms with van der Waals surface area (Å²) in [4.78, 5) is 33.6. The van der Waals surface area contributed by atoms with Gasteiger partial charge in [-0.15, -0.1) is 0 Å². The molecule has 2 heterocycles. The first-order valence-electron chi connectivity index (χ1n) is 10.9. The highest BCUT2D eigenvalue weighted by Gasteiger charge is 2.20. The van der Waals surface area contributed by atoms with Crippen molar-refractivity contribution < 1.29 is 9.59 Å². The van der Waals surface area contributed by atoms with E-state index in [0.29, 0.717) is 11.4 Å². The summed E-state index contributed by atoms with van der Waals surface area (Å²) in [5.74, 6) is -0.694. The predicted molar refractivity (Wildman–Crippen MR) is 129 cm³/mol. The van der Waals surface area contributed by atoms with Crippen LogP contribution in [0.4, 0.5) is 17.1 Å². The van der Waals surface area contributed by atoms with Crippen molar-refractivity contribution in [3.63, 3.8) is 0 Å². The van der Waals surface area contributed by atoms with Gasteiger partial charge in [0, 0.05) is 48.0 Å². The SMILES string of the molecule is CN(C)CC1CCN(c2ccc(NC(=O)C(=O)Nc3cncc4ccccc34)cc2)CC1. The summed E-state index contributed by atoms with van der Waals surface area (Å²) < 4.78 is 0. The number of piperidine rings is 1. The molecule has 32 heavy (non-hydrogen) atoms. The lowest BCUT2D eigenvalue weighted by Gasteiger charge is -2.34. The number of aromatic nitrogens is 1. The third-order valence-electron chi connectivity index (χ3n) is 5.85. The third-order valence-corrected chi connectivity index (χ3v) is 5.85. The molecule has 7 nitrogen and oxygen atoms in total. The summed E-state index contributed by atoms with van der Waals surface area (Å²) in [5.41, 5.74) is 2.24. The number of hydrogen-bond acceptors (Lipinski definition) is 5. The van der Waals surface area contributed by atoms with Crippen LogP contribution >= 0.6 is 0 Å². The minimum atomic E-state index is -0.727. The van der Waals surface area contributed by atoms with E-state index >= 15 is 0 Å².